The van der Waals surface area contributed by atoms with Crippen molar-refractivity contribution in [3.8, 4) is 5.75 Å². The molecule has 0 radical (unpaired) electrons. The van der Waals surface area contributed by atoms with Crippen LogP contribution in [0.15, 0.2) is 18.2 Å². The first-order chi connectivity index (χ1) is 9.02. The Morgan fingerprint density at radius 1 is 1.37 bits per heavy atom. The Bertz CT molecular complexity index is 382. The molecule has 108 valence electrons. The molecule has 0 amide bonds. The Morgan fingerprint density at radius 2 is 2.11 bits per heavy atom. The van der Waals surface area contributed by atoms with Crippen molar-refractivity contribution in [2.75, 3.05) is 27.2 Å². The molecule has 0 aromatic heterocycles. The minimum absolute atomic E-state index is 0.268. The van der Waals surface area contributed by atoms with Crippen LogP contribution in [0.3, 0.4) is 0 Å². The Labute approximate surface area is 115 Å². The lowest BCUT2D eigenvalue weighted by Gasteiger charge is -2.17. The standard InChI is InChI=1S/C15H25FN2O/c1-12(17)5-4-9-18(2)10-8-13-6-7-15(19-3)14(16)11-13/h6-7,11-12H,4-5,8-10,17H2,1-3H3. The van der Waals surface area contributed by atoms with Gasteiger partial charge in [-0.3, -0.25) is 0 Å². The molecule has 0 spiro atoms. The number of methoxy groups -OCH3 is 1. The van der Waals surface area contributed by atoms with Crippen LogP contribution in [0.1, 0.15) is 25.3 Å². The van der Waals surface area contributed by atoms with E-state index in [-0.39, 0.29) is 11.9 Å². The van der Waals surface area contributed by atoms with E-state index in [1.165, 1.54) is 7.11 Å². The van der Waals surface area contributed by atoms with E-state index >= 15 is 0 Å². The van der Waals surface area contributed by atoms with E-state index in [1.807, 2.05) is 13.0 Å². The Hall–Kier alpha value is -1.13. The third kappa shape index (κ3) is 6.03. The lowest BCUT2D eigenvalue weighted by atomic mass is 10.1. The predicted molar refractivity (Wildman–Crippen MR) is 77.0 cm³/mol. The molecule has 0 aliphatic rings. The highest BCUT2D eigenvalue weighted by molar-refractivity contribution is 5.29. The molecule has 3 nitrogen and oxygen atoms in total. The minimum Gasteiger partial charge on any atom is -0.494 e. The third-order valence-corrected chi connectivity index (χ3v) is 3.20. The first-order valence-corrected chi connectivity index (χ1v) is 6.79. The van der Waals surface area contributed by atoms with Gasteiger partial charge in [0.05, 0.1) is 7.11 Å². The average Bonchev–Trinajstić information content (AvgIpc) is 2.36. The summed E-state index contributed by atoms with van der Waals surface area (Å²) in [4.78, 5) is 2.25. The van der Waals surface area contributed by atoms with Crippen molar-refractivity contribution in [3.63, 3.8) is 0 Å². The highest BCUT2D eigenvalue weighted by Gasteiger charge is 2.05. The maximum atomic E-state index is 13.5. The zero-order chi connectivity index (χ0) is 14.3. The summed E-state index contributed by atoms with van der Waals surface area (Å²) in [6, 6.07) is 5.41. The predicted octanol–water partition coefficient (Wildman–Crippen LogP) is 2.44. The van der Waals surface area contributed by atoms with Gasteiger partial charge in [0.15, 0.2) is 11.6 Å². The molecule has 4 heteroatoms. The van der Waals surface area contributed by atoms with E-state index < -0.39 is 0 Å². The average molecular weight is 268 g/mol. The molecule has 1 aromatic carbocycles. The van der Waals surface area contributed by atoms with Crippen molar-refractivity contribution in [2.45, 2.75) is 32.2 Å². The number of hydrogen-bond acceptors (Lipinski definition) is 3. The lowest BCUT2D eigenvalue weighted by Crippen LogP contribution is -2.24. The van der Waals surface area contributed by atoms with Crippen LogP contribution >= 0.6 is 0 Å². The van der Waals surface area contributed by atoms with Gasteiger partial charge in [-0.05, 0) is 57.5 Å². The van der Waals surface area contributed by atoms with Gasteiger partial charge in [-0.2, -0.15) is 0 Å². The van der Waals surface area contributed by atoms with Gasteiger partial charge < -0.3 is 15.4 Å². The number of halogens is 1. The number of ether oxygens (including phenoxy) is 1. The van der Waals surface area contributed by atoms with Crippen LogP contribution in [-0.4, -0.2) is 38.2 Å². The zero-order valence-electron chi connectivity index (χ0n) is 12.2. The Kier molecular flexibility index (Phi) is 6.81. The number of benzene rings is 1. The first-order valence-electron chi connectivity index (χ1n) is 6.79. The van der Waals surface area contributed by atoms with E-state index in [4.69, 9.17) is 10.5 Å². The van der Waals surface area contributed by atoms with Crippen LogP contribution in [-0.2, 0) is 6.42 Å². The quantitative estimate of drug-likeness (QED) is 0.787. The number of nitrogens with two attached hydrogens (primary N) is 1. The molecular formula is C15H25FN2O. The maximum absolute atomic E-state index is 13.5. The van der Waals surface area contributed by atoms with E-state index in [0.717, 1.165) is 37.9 Å². The van der Waals surface area contributed by atoms with Crippen LogP contribution < -0.4 is 10.5 Å². The minimum atomic E-state index is -0.292. The van der Waals surface area contributed by atoms with Crippen LogP contribution in [0.5, 0.6) is 5.75 Å². The fraction of sp³-hybridized carbons (Fsp3) is 0.600. The molecule has 1 rings (SSSR count). The number of nitrogens with zero attached hydrogens (tertiary/aromatic N) is 1. The molecular weight excluding hydrogens is 243 g/mol. The maximum Gasteiger partial charge on any atom is 0.165 e. The summed E-state index contributed by atoms with van der Waals surface area (Å²) in [5, 5.41) is 0. The normalized spacial score (nSPS) is 12.7. The molecule has 0 heterocycles. The molecule has 19 heavy (non-hydrogen) atoms. The van der Waals surface area contributed by atoms with Crippen molar-refractivity contribution >= 4 is 0 Å². The van der Waals surface area contributed by atoms with Gasteiger partial charge in [-0.25, -0.2) is 4.39 Å². The summed E-state index contributed by atoms with van der Waals surface area (Å²) >= 11 is 0. The van der Waals surface area contributed by atoms with Crippen molar-refractivity contribution in [1.29, 1.82) is 0 Å². The smallest absolute Gasteiger partial charge is 0.165 e. The summed E-state index contributed by atoms with van der Waals surface area (Å²) in [6.07, 6.45) is 2.99. The first kappa shape index (κ1) is 15.9. The molecule has 1 aromatic rings. The van der Waals surface area contributed by atoms with E-state index in [0.29, 0.717) is 5.75 Å². The molecule has 0 bridgehead atoms. The Balaban J connectivity index is 2.33. The summed E-state index contributed by atoms with van der Waals surface area (Å²) < 4.78 is 18.4. The molecule has 1 unspecified atom stereocenters. The zero-order valence-corrected chi connectivity index (χ0v) is 12.2. The molecule has 0 fully saturated rings. The molecule has 0 aliphatic heterocycles. The largest absolute Gasteiger partial charge is 0.494 e. The summed E-state index contributed by atoms with van der Waals surface area (Å²) in [7, 11) is 3.56. The van der Waals surface area contributed by atoms with Crippen molar-refractivity contribution in [2.24, 2.45) is 5.73 Å². The Morgan fingerprint density at radius 3 is 2.68 bits per heavy atom. The highest BCUT2D eigenvalue weighted by atomic mass is 19.1. The van der Waals surface area contributed by atoms with Gasteiger partial charge in [0.1, 0.15) is 0 Å². The molecule has 0 saturated carbocycles. The number of hydrogen-bond donors (Lipinski definition) is 1. The van der Waals surface area contributed by atoms with Crippen LogP contribution in [0.25, 0.3) is 0 Å². The van der Waals surface area contributed by atoms with Gasteiger partial charge in [-0.15, -0.1) is 0 Å². The van der Waals surface area contributed by atoms with Crippen LogP contribution in [0, 0.1) is 5.82 Å². The van der Waals surface area contributed by atoms with Gasteiger partial charge in [-0.1, -0.05) is 6.07 Å². The van der Waals surface area contributed by atoms with Crippen molar-refractivity contribution in [1.82, 2.24) is 4.90 Å². The molecule has 0 aliphatic carbocycles. The SMILES string of the molecule is COc1ccc(CCN(C)CCCC(C)N)cc1F. The molecule has 1 atom stereocenters. The number of rotatable bonds is 8. The highest BCUT2D eigenvalue weighted by Crippen LogP contribution is 2.18. The number of likely N-dealkylation sites (N-methyl/N-ethyl adjacent to an activating group) is 1. The second-order valence-corrected chi connectivity index (χ2v) is 5.14. The van der Waals surface area contributed by atoms with Crippen molar-refractivity contribution in [3.05, 3.63) is 29.6 Å². The topological polar surface area (TPSA) is 38.5 Å². The molecule has 0 saturated heterocycles. The monoisotopic (exact) mass is 268 g/mol. The second kappa shape index (κ2) is 8.12. The van der Waals surface area contributed by atoms with Crippen LogP contribution in [0.2, 0.25) is 0 Å². The second-order valence-electron chi connectivity index (χ2n) is 5.14. The van der Waals surface area contributed by atoms with Gasteiger partial charge in [0.2, 0.25) is 0 Å². The van der Waals surface area contributed by atoms with Crippen molar-refractivity contribution < 1.29 is 9.13 Å². The van der Waals surface area contributed by atoms with Gasteiger partial charge >= 0.3 is 0 Å². The summed E-state index contributed by atoms with van der Waals surface area (Å²) in [5.74, 6) is 0.00801. The summed E-state index contributed by atoms with van der Waals surface area (Å²) in [6.45, 7) is 3.98. The fourth-order valence-corrected chi connectivity index (χ4v) is 1.98. The van der Waals surface area contributed by atoms with E-state index in [1.54, 1.807) is 12.1 Å². The lowest BCUT2D eigenvalue weighted by molar-refractivity contribution is 0.326. The fourth-order valence-electron chi connectivity index (χ4n) is 1.98. The third-order valence-electron chi connectivity index (χ3n) is 3.20. The van der Waals surface area contributed by atoms with E-state index in [9.17, 15) is 4.39 Å². The van der Waals surface area contributed by atoms with Gasteiger partial charge in [0, 0.05) is 12.6 Å². The van der Waals surface area contributed by atoms with E-state index in [2.05, 4.69) is 11.9 Å². The summed E-state index contributed by atoms with van der Waals surface area (Å²) in [5.41, 5.74) is 6.71. The molecule has 2 N–H and O–H groups in total. The van der Waals surface area contributed by atoms with Gasteiger partial charge in [0.25, 0.3) is 0 Å². The van der Waals surface area contributed by atoms with Crippen LogP contribution in [0.4, 0.5) is 4.39 Å².